The maximum Gasteiger partial charge on any atom is 0.243 e. The van der Waals surface area contributed by atoms with Gasteiger partial charge in [0.1, 0.15) is 11.6 Å². The Morgan fingerprint density at radius 1 is 1.20 bits per heavy atom. The van der Waals surface area contributed by atoms with E-state index in [1.165, 1.54) is 12.1 Å². The molecule has 3 rings (SSSR count). The molecule has 1 N–H and O–H groups in total. The summed E-state index contributed by atoms with van der Waals surface area (Å²) in [5.41, 5.74) is 0.492. The summed E-state index contributed by atoms with van der Waals surface area (Å²) in [6.45, 7) is 0.942. The van der Waals surface area contributed by atoms with Crippen LogP contribution in [0.2, 0.25) is 0 Å². The molecule has 1 atom stereocenters. The predicted octanol–water partition coefficient (Wildman–Crippen LogP) is 2.75. The molecule has 1 fully saturated rings. The smallest absolute Gasteiger partial charge is 0.243 e. The standard InChI is InChI=1S/C14H15F2N3O/c15-10-5-9(6-11(16)8-10)7-13-18-14(20-19-13)12-3-1-2-4-17-12/h5-6,8,12,17H,1-4,7H2. The van der Waals surface area contributed by atoms with Crippen LogP contribution in [0.5, 0.6) is 0 Å². The zero-order valence-corrected chi connectivity index (χ0v) is 10.9. The average molecular weight is 279 g/mol. The summed E-state index contributed by atoms with van der Waals surface area (Å²) >= 11 is 0. The van der Waals surface area contributed by atoms with Gasteiger partial charge in [0.05, 0.1) is 6.04 Å². The molecule has 6 heteroatoms. The summed E-state index contributed by atoms with van der Waals surface area (Å²) < 4.78 is 31.5. The summed E-state index contributed by atoms with van der Waals surface area (Å²) in [6.07, 6.45) is 3.51. The Hall–Kier alpha value is -1.82. The first-order chi connectivity index (χ1) is 9.70. The van der Waals surface area contributed by atoms with Gasteiger partial charge in [-0.2, -0.15) is 4.98 Å². The molecule has 1 aliphatic rings. The van der Waals surface area contributed by atoms with E-state index in [2.05, 4.69) is 15.5 Å². The van der Waals surface area contributed by atoms with Crippen LogP contribution >= 0.6 is 0 Å². The third-order valence-electron chi connectivity index (χ3n) is 3.38. The lowest BCUT2D eigenvalue weighted by Gasteiger charge is -2.19. The predicted molar refractivity (Wildman–Crippen MR) is 68.1 cm³/mol. The zero-order valence-electron chi connectivity index (χ0n) is 10.9. The second-order valence-electron chi connectivity index (χ2n) is 5.01. The maximum absolute atomic E-state index is 13.1. The van der Waals surface area contributed by atoms with Gasteiger partial charge >= 0.3 is 0 Å². The largest absolute Gasteiger partial charge is 0.338 e. The molecule has 0 aliphatic carbocycles. The molecule has 20 heavy (non-hydrogen) atoms. The van der Waals surface area contributed by atoms with Crippen LogP contribution in [0.25, 0.3) is 0 Å². The topological polar surface area (TPSA) is 51.0 Å². The summed E-state index contributed by atoms with van der Waals surface area (Å²) in [5, 5.41) is 7.19. The van der Waals surface area contributed by atoms with Gasteiger partial charge < -0.3 is 9.84 Å². The van der Waals surface area contributed by atoms with Gasteiger partial charge in [-0.25, -0.2) is 8.78 Å². The molecule has 2 aromatic rings. The van der Waals surface area contributed by atoms with Gasteiger partial charge in [0.25, 0.3) is 0 Å². The molecule has 1 aromatic heterocycles. The number of piperidine rings is 1. The first-order valence-electron chi connectivity index (χ1n) is 6.71. The van der Waals surface area contributed by atoms with Crippen molar-refractivity contribution in [3.05, 3.63) is 47.1 Å². The number of halogens is 2. The van der Waals surface area contributed by atoms with E-state index in [9.17, 15) is 8.78 Å². The van der Waals surface area contributed by atoms with Crippen LogP contribution in [0.4, 0.5) is 8.78 Å². The molecule has 0 radical (unpaired) electrons. The Kier molecular flexibility index (Phi) is 3.73. The van der Waals surface area contributed by atoms with Gasteiger partial charge in [-0.05, 0) is 37.1 Å². The molecule has 1 aromatic carbocycles. The molecular formula is C14H15F2N3O. The van der Waals surface area contributed by atoms with Crippen molar-refractivity contribution in [2.24, 2.45) is 0 Å². The number of hydrogen-bond donors (Lipinski definition) is 1. The Labute approximate surface area is 115 Å². The van der Waals surface area contributed by atoms with Crippen molar-refractivity contribution in [3.8, 4) is 0 Å². The van der Waals surface area contributed by atoms with Crippen LogP contribution < -0.4 is 5.32 Å². The maximum atomic E-state index is 13.1. The minimum absolute atomic E-state index is 0.0919. The van der Waals surface area contributed by atoms with E-state index in [1.54, 1.807) is 0 Å². The quantitative estimate of drug-likeness (QED) is 0.938. The van der Waals surface area contributed by atoms with Crippen LogP contribution in [-0.2, 0) is 6.42 Å². The number of benzene rings is 1. The van der Waals surface area contributed by atoms with E-state index in [0.717, 1.165) is 31.9 Å². The molecule has 1 aliphatic heterocycles. The van der Waals surface area contributed by atoms with Crippen molar-refractivity contribution in [3.63, 3.8) is 0 Å². The molecule has 0 spiro atoms. The minimum atomic E-state index is -0.599. The van der Waals surface area contributed by atoms with E-state index in [0.29, 0.717) is 17.3 Å². The van der Waals surface area contributed by atoms with Crippen molar-refractivity contribution >= 4 is 0 Å². The fourth-order valence-corrected chi connectivity index (χ4v) is 2.44. The van der Waals surface area contributed by atoms with Crippen LogP contribution in [-0.4, -0.2) is 16.7 Å². The molecule has 1 saturated heterocycles. The van der Waals surface area contributed by atoms with Crippen molar-refractivity contribution in [2.75, 3.05) is 6.54 Å². The Morgan fingerprint density at radius 2 is 2.00 bits per heavy atom. The van der Waals surface area contributed by atoms with E-state index >= 15 is 0 Å². The van der Waals surface area contributed by atoms with Gasteiger partial charge in [0.15, 0.2) is 5.82 Å². The summed E-state index contributed by atoms with van der Waals surface area (Å²) in [6, 6.07) is 3.49. The first kappa shape index (κ1) is 13.2. The Morgan fingerprint density at radius 3 is 2.70 bits per heavy atom. The van der Waals surface area contributed by atoms with Crippen LogP contribution in [0.1, 0.15) is 42.6 Å². The molecule has 4 nitrogen and oxygen atoms in total. The summed E-state index contributed by atoms with van der Waals surface area (Å²) in [7, 11) is 0. The first-order valence-corrected chi connectivity index (χ1v) is 6.71. The van der Waals surface area contributed by atoms with Crippen LogP contribution in [0.15, 0.2) is 22.7 Å². The van der Waals surface area contributed by atoms with E-state index in [-0.39, 0.29) is 12.5 Å². The number of nitrogens with one attached hydrogen (secondary N) is 1. The molecule has 0 bridgehead atoms. The zero-order chi connectivity index (χ0) is 13.9. The third kappa shape index (κ3) is 3.01. The average Bonchev–Trinajstić information content (AvgIpc) is 2.87. The summed E-state index contributed by atoms with van der Waals surface area (Å²) in [5.74, 6) is -0.204. The Bertz CT molecular complexity index is 574. The summed E-state index contributed by atoms with van der Waals surface area (Å²) in [4.78, 5) is 4.30. The van der Waals surface area contributed by atoms with Crippen molar-refractivity contribution in [1.29, 1.82) is 0 Å². The van der Waals surface area contributed by atoms with Crippen LogP contribution in [0.3, 0.4) is 0 Å². The van der Waals surface area contributed by atoms with Crippen molar-refractivity contribution in [1.82, 2.24) is 15.5 Å². The lowest BCUT2D eigenvalue weighted by Crippen LogP contribution is -2.27. The highest BCUT2D eigenvalue weighted by atomic mass is 19.1. The fourth-order valence-electron chi connectivity index (χ4n) is 2.44. The van der Waals surface area contributed by atoms with Gasteiger partial charge in [-0.15, -0.1) is 0 Å². The normalized spacial score (nSPS) is 19.2. The SMILES string of the molecule is Fc1cc(F)cc(Cc2noc(C3CCCCN3)n2)c1. The highest BCUT2D eigenvalue weighted by molar-refractivity contribution is 5.21. The molecule has 2 heterocycles. The minimum Gasteiger partial charge on any atom is -0.338 e. The van der Waals surface area contributed by atoms with Gasteiger partial charge in [-0.1, -0.05) is 11.6 Å². The van der Waals surface area contributed by atoms with Gasteiger partial charge in [0.2, 0.25) is 5.89 Å². The molecule has 106 valence electrons. The molecule has 1 unspecified atom stereocenters. The van der Waals surface area contributed by atoms with Gasteiger partial charge in [-0.3, -0.25) is 0 Å². The van der Waals surface area contributed by atoms with Crippen LogP contribution in [0, 0.1) is 11.6 Å². The lowest BCUT2D eigenvalue weighted by molar-refractivity contribution is 0.296. The number of aromatic nitrogens is 2. The van der Waals surface area contributed by atoms with Crippen molar-refractivity contribution < 1.29 is 13.3 Å². The van der Waals surface area contributed by atoms with Crippen molar-refractivity contribution in [2.45, 2.75) is 31.7 Å². The molecular weight excluding hydrogens is 264 g/mol. The fraction of sp³-hybridized carbons (Fsp3) is 0.429. The molecule has 0 saturated carbocycles. The van der Waals surface area contributed by atoms with E-state index < -0.39 is 11.6 Å². The second kappa shape index (κ2) is 5.66. The monoisotopic (exact) mass is 279 g/mol. The van der Waals surface area contributed by atoms with E-state index in [1.807, 2.05) is 0 Å². The number of rotatable bonds is 3. The third-order valence-corrected chi connectivity index (χ3v) is 3.38. The molecule has 0 amide bonds. The Balaban J connectivity index is 1.73. The highest BCUT2D eigenvalue weighted by Gasteiger charge is 2.21. The highest BCUT2D eigenvalue weighted by Crippen LogP contribution is 2.21. The van der Waals surface area contributed by atoms with Gasteiger partial charge in [0, 0.05) is 12.5 Å². The van der Waals surface area contributed by atoms with E-state index in [4.69, 9.17) is 4.52 Å². The lowest BCUT2D eigenvalue weighted by atomic mass is 10.1. The number of nitrogens with zero attached hydrogens (tertiary/aromatic N) is 2. The second-order valence-corrected chi connectivity index (χ2v) is 5.01. The number of hydrogen-bond acceptors (Lipinski definition) is 4.